The van der Waals surface area contributed by atoms with E-state index in [-0.39, 0.29) is 17.3 Å². The van der Waals surface area contributed by atoms with E-state index in [9.17, 15) is 19.7 Å². The number of carboxylic acid groups (broad SMARTS) is 1. The predicted molar refractivity (Wildman–Crippen MR) is 79.4 cm³/mol. The molecule has 0 saturated carbocycles. The van der Waals surface area contributed by atoms with E-state index in [2.05, 4.69) is 0 Å². The molecular weight excluding hydrogens is 316 g/mol. The van der Waals surface area contributed by atoms with E-state index < -0.39 is 16.9 Å². The quantitative estimate of drug-likeness (QED) is 0.498. The monoisotopic (exact) mass is 328 g/mol. The number of nitro groups is 1. The van der Waals surface area contributed by atoms with Crippen LogP contribution in [0.1, 0.15) is 0 Å². The molecule has 1 aliphatic heterocycles. The molecule has 1 atom stereocenters. The minimum atomic E-state index is -0.992. The minimum Gasteiger partial charge on any atom is -0.480 e. The molecule has 1 N–H and O–H groups in total. The van der Waals surface area contributed by atoms with Crippen molar-refractivity contribution in [3.05, 3.63) is 34.4 Å². The Morgan fingerprint density at radius 2 is 2.10 bits per heavy atom. The van der Waals surface area contributed by atoms with Gasteiger partial charge in [-0.25, -0.2) is 4.79 Å². The van der Waals surface area contributed by atoms with E-state index >= 15 is 0 Å². The Kier molecular flexibility index (Phi) is 5.07. The second-order valence-corrected chi connectivity index (χ2v) is 6.31. The van der Waals surface area contributed by atoms with Crippen molar-refractivity contribution in [2.45, 2.75) is 10.9 Å². The zero-order valence-electron chi connectivity index (χ0n) is 10.8. The highest BCUT2D eigenvalue weighted by Gasteiger charge is 2.34. The minimum absolute atomic E-state index is 0.00689. The Labute approximate surface area is 128 Å². The number of hydrogen-bond donors (Lipinski definition) is 1. The molecule has 0 bridgehead atoms. The summed E-state index contributed by atoms with van der Waals surface area (Å²) in [5, 5.41) is 19.6. The molecule has 7 nitrogen and oxygen atoms in total. The number of nitrogens with zero attached hydrogens (tertiary/aromatic N) is 2. The highest BCUT2D eigenvalue weighted by atomic mass is 32.2. The van der Waals surface area contributed by atoms with E-state index in [1.165, 1.54) is 40.6 Å². The first-order valence-corrected chi connectivity index (χ1v) is 8.10. The largest absolute Gasteiger partial charge is 0.480 e. The van der Waals surface area contributed by atoms with Crippen molar-refractivity contribution in [1.29, 1.82) is 0 Å². The fourth-order valence-corrected chi connectivity index (χ4v) is 3.74. The summed E-state index contributed by atoms with van der Waals surface area (Å²) in [6.45, 7) is 0. The van der Waals surface area contributed by atoms with Crippen LogP contribution >= 0.6 is 23.5 Å². The smallest absolute Gasteiger partial charge is 0.327 e. The van der Waals surface area contributed by atoms with Crippen molar-refractivity contribution in [2.75, 3.05) is 17.4 Å². The molecule has 21 heavy (non-hydrogen) atoms. The van der Waals surface area contributed by atoms with E-state index in [1.54, 1.807) is 12.1 Å². The molecule has 9 heteroatoms. The van der Waals surface area contributed by atoms with Crippen LogP contribution in [0.15, 0.2) is 29.2 Å². The molecular formula is C12H12N2O5S2. The third kappa shape index (κ3) is 3.88. The van der Waals surface area contributed by atoms with Gasteiger partial charge < -0.3 is 10.0 Å². The number of aliphatic carboxylic acids is 1. The molecule has 1 saturated heterocycles. The second-order valence-electron chi connectivity index (χ2n) is 4.26. The number of non-ortho nitro benzene ring substituents is 1. The van der Waals surface area contributed by atoms with Crippen molar-refractivity contribution in [3.8, 4) is 0 Å². The van der Waals surface area contributed by atoms with E-state index in [4.69, 9.17) is 5.11 Å². The molecule has 0 unspecified atom stereocenters. The van der Waals surface area contributed by atoms with Gasteiger partial charge in [-0.15, -0.1) is 23.5 Å². The Morgan fingerprint density at radius 1 is 1.43 bits per heavy atom. The van der Waals surface area contributed by atoms with Crippen LogP contribution in [0.2, 0.25) is 0 Å². The standard InChI is InChI=1S/C12H12N2O5S2/c15-11(13-7-20-5-10(13)12(16)17)6-21-9-3-1-8(2-4-9)14(18)19/h1-4,10H,5-7H2,(H,16,17)/t10-/m0/s1. The fraction of sp³-hybridized carbons (Fsp3) is 0.333. The molecule has 1 amide bonds. The number of carbonyl (C=O) groups excluding carboxylic acids is 1. The van der Waals surface area contributed by atoms with E-state index in [0.29, 0.717) is 11.6 Å². The van der Waals surface area contributed by atoms with Crippen molar-refractivity contribution < 1.29 is 19.6 Å². The van der Waals surface area contributed by atoms with Crippen molar-refractivity contribution in [3.63, 3.8) is 0 Å². The van der Waals surface area contributed by atoms with E-state index in [0.717, 1.165) is 4.90 Å². The Bertz CT molecular complexity index is 563. The summed E-state index contributed by atoms with van der Waals surface area (Å²) in [4.78, 5) is 35.2. The Morgan fingerprint density at radius 3 is 2.67 bits per heavy atom. The molecule has 1 aromatic carbocycles. The van der Waals surface area contributed by atoms with Gasteiger partial charge in [-0.2, -0.15) is 0 Å². The van der Waals surface area contributed by atoms with Crippen molar-refractivity contribution in [2.24, 2.45) is 0 Å². The maximum atomic E-state index is 12.0. The van der Waals surface area contributed by atoms with Crippen LogP contribution in [0.25, 0.3) is 0 Å². The Hall–Kier alpha value is -1.74. The molecule has 1 fully saturated rings. The molecule has 2 rings (SSSR count). The van der Waals surface area contributed by atoms with Gasteiger partial charge in [0, 0.05) is 22.8 Å². The maximum Gasteiger partial charge on any atom is 0.327 e. The third-order valence-corrected chi connectivity index (χ3v) is 4.91. The number of nitro benzene ring substituents is 1. The number of benzene rings is 1. The molecule has 1 aliphatic rings. The molecule has 0 aromatic heterocycles. The van der Waals surface area contributed by atoms with Gasteiger partial charge >= 0.3 is 5.97 Å². The van der Waals surface area contributed by atoms with Gasteiger partial charge in [0.15, 0.2) is 0 Å². The normalized spacial score (nSPS) is 17.7. The average Bonchev–Trinajstić information content (AvgIpc) is 2.95. The van der Waals surface area contributed by atoms with Gasteiger partial charge in [0.05, 0.1) is 16.6 Å². The predicted octanol–water partition coefficient (Wildman–Crippen LogP) is 1.67. The first kappa shape index (κ1) is 15.6. The second kappa shape index (κ2) is 6.81. The number of carboxylic acids is 1. The zero-order valence-corrected chi connectivity index (χ0v) is 12.4. The average molecular weight is 328 g/mol. The van der Waals surface area contributed by atoms with Crippen LogP contribution in [0.5, 0.6) is 0 Å². The number of thioether (sulfide) groups is 2. The molecule has 112 valence electrons. The summed E-state index contributed by atoms with van der Waals surface area (Å²) in [6, 6.07) is 5.13. The molecule has 0 aliphatic carbocycles. The van der Waals surface area contributed by atoms with Crippen LogP contribution in [0, 0.1) is 10.1 Å². The van der Waals surface area contributed by atoms with Crippen LogP contribution in [-0.2, 0) is 9.59 Å². The van der Waals surface area contributed by atoms with Gasteiger partial charge in [-0.05, 0) is 12.1 Å². The van der Waals surface area contributed by atoms with Crippen LogP contribution in [-0.4, -0.2) is 50.2 Å². The lowest BCUT2D eigenvalue weighted by molar-refractivity contribution is -0.384. The van der Waals surface area contributed by atoms with Crippen LogP contribution in [0.4, 0.5) is 5.69 Å². The first-order chi connectivity index (χ1) is 9.99. The van der Waals surface area contributed by atoms with Gasteiger partial charge in [0.25, 0.3) is 5.69 Å². The number of carbonyl (C=O) groups is 2. The van der Waals surface area contributed by atoms with Gasteiger partial charge in [0.1, 0.15) is 6.04 Å². The number of rotatable bonds is 5. The first-order valence-electron chi connectivity index (χ1n) is 5.96. The van der Waals surface area contributed by atoms with Crippen molar-refractivity contribution >= 4 is 41.1 Å². The summed E-state index contributed by atoms with van der Waals surface area (Å²) in [6.07, 6.45) is 0. The maximum absolute atomic E-state index is 12.0. The lowest BCUT2D eigenvalue weighted by atomic mass is 10.3. The summed E-state index contributed by atoms with van der Waals surface area (Å²) >= 11 is 2.65. The lowest BCUT2D eigenvalue weighted by Gasteiger charge is -2.20. The lowest BCUT2D eigenvalue weighted by Crippen LogP contribution is -2.42. The molecule has 0 spiro atoms. The highest BCUT2D eigenvalue weighted by Crippen LogP contribution is 2.25. The van der Waals surface area contributed by atoms with Gasteiger partial charge in [-0.1, -0.05) is 0 Å². The van der Waals surface area contributed by atoms with Crippen molar-refractivity contribution in [1.82, 2.24) is 4.90 Å². The summed E-state index contributed by atoms with van der Waals surface area (Å²) in [5.74, 6) is -0.327. The summed E-state index contributed by atoms with van der Waals surface area (Å²) < 4.78 is 0. The molecule has 0 radical (unpaired) electrons. The molecule has 1 heterocycles. The van der Waals surface area contributed by atoms with Gasteiger partial charge in [-0.3, -0.25) is 14.9 Å². The zero-order chi connectivity index (χ0) is 15.4. The SMILES string of the molecule is O=C(O)[C@@H]1CSCN1C(=O)CSc1ccc([N+](=O)[O-])cc1. The third-order valence-electron chi connectivity index (χ3n) is 2.90. The fourth-order valence-electron chi connectivity index (χ4n) is 1.79. The number of amides is 1. The number of hydrogen-bond acceptors (Lipinski definition) is 6. The highest BCUT2D eigenvalue weighted by molar-refractivity contribution is 8.00. The van der Waals surface area contributed by atoms with Crippen LogP contribution in [0.3, 0.4) is 0 Å². The van der Waals surface area contributed by atoms with Gasteiger partial charge in [0.2, 0.25) is 5.91 Å². The van der Waals surface area contributed by atoms with E-state index in [1.807, 2.05) is 0 Å². The summed E-state index contributed by atoms with van der Waals surface area (Å²) in [7, 11) is 0. The summed E-state index contributed by atoms with van der Waals surface area (Å²) in [5.41, 5.74) is -0.00689. The topological polar surface area (TPSA) is 101 Å². The van der Waals surface area contributed by atoms with Crippen LogP contribution < -0.4 is 0 Å². The Balaban J connectivity index is 1.91. The molecule has 1 aromatic rings.